The van der Waals surface area contributed by atoms with Crippen LogP contribution in [0.4, 0.5) is 0 Å². The van der Waals surface area contributed by atoms with E-state index in [1.807, 2.05) is 0 Å². The third-order valence-electron chi connectivity index (χ3n) is 3.69. The van der Waals surface area contributed by atoms with Crippen LogP contribution in [0.2, 0.25) is 0 Å². The standard InChI is InChI=1S/C20H38O6/c1-3-5-13-23-15-9-17-25-19(21)11-7-8-12-20(22)26-18-10-16-24-14-6-4-2/h3-18H2,1-2H3. The van der Waals surface area contributed by atoms with E-state index < -0.39 is 0 Å². The largest absolute Gasteiger partial charge is 0.466 e. The van der Waals surface area contributed by atoms with Crippen LogP contribution in [0, 0.1) is 0 Å². The zero-order valence-corrected chi connectivity index (χ0v) is 16.8. The van der Waals surface area contributed by atoms with Crippen LogP contribution in [0.25, 0.3) is 0 Å². The van der Waals surface area contributed by atoms with E-state index in [4.69, 9.17) is 18.9 Å². The number of rotatable bonds is 19. The first-order valence-electron chi connectivity index (χ1n) is 10.2. The molecule has 0 saturated heterocycles. The van der Waals surface area contributed by atoms with Crippen molar-refractivity contribution in [2.24, 2.45) is 0 Å². The minimum absolute atomic E-state index is 0.212. The van der Waals surface area contributed by atoms with Gasteiger partial charge >= 0.3 is 11.9 Å². The van der Waals surface area contributed by atoms with Crippen LogP contribution in [-0.4, -0.2) is 51.6 Å². The summed E-state index contributed by atoms with van der Waals surface area (Å²) in [6.07, 6.45) is 7.79. The summed E-state index contributed by atoms with van der Waals surface area (Å²) < 4.78 is 21.0. The monoisotopic (exact) mass is 374 g/mol. The Morgan fingerprint density at radius 2 is 0.923 bits per heavy atom. The number of unbranched alkanes of at least 4 members (excludes halogenated alkanes) is 3. The molecule has 6 nitrogen and oxygen atoms in total. The lowest BCUT2D eigenvalue weighted by Gasteiger charge is -2.07. The molecule has 0 aliphatic rings. The van der Waals surface area contributed by atoms with Gasteiger partial charge in [-0.25, -0.2) is 0 Å². The number of esters is 2. The molecule has 0 fully saturated rings. The molecule has 0 aliphatic heterocycles. The molecular formula is C20H38O6. The highest BCUT2D eigenvalue weighted by Gasteiger charge is 2.06. The Morgan fingerprint density at radius 1 is 0.538 bits per heavy atom. The van der Waals surface area contributed by atoms with Gasteiger partial charge in [-0.1, -0.05) is 26.7 Å². The molecule has 0 rings (SSSR count). The van der Waals surface area contributed by atoms with Crippen LogP contribution in [0.15, 0.2) is 0 Å². The van der Waals surface area contributed by atoms with Gasteiger partial charge in [-0.2, -0.15) is 0 Å². The number of hydrogen-bond acceptors (Lipinski definition) is 6. The van der Waals surface area contributed by atoms with Crippen molar-refractivity contribution in [3.05, 3.63) is 0 Å². The molecule has 0 aromatic carbocycles. The normalized spacial score (nSPS) is 10.7. The fourth-order valence-electron chi connectivity index (χ4n) is 2.07. The first-order valence-corrected chi connectivity index (χ1v) is 10.2. The molecule has 0 saturated carbocycles. The molecule has 26 heavy (non-hydrogen) atoms. The first-order chi connectivity index (χ1) is 12.7. The van der Waals surface area contributed by atoms with Crippen LogP contribution < -0.4 is 0 Å². The maximum atomic E-state index is 11.5. The zero-order valence-electron chi connectivity index (χ0n) is 16.8. The van der Waals surface area contributed by atoms with E-state index in [0.717, 1.165) is 51.7 Å². The summed E-state index contributed by atoms with van der Waals surface area (Å²) in [5.74, 6) is -0.424. The summed E-state index contributed by atoms with van der Waals surface area (Å²) in [5.41, 5.74) is 0. The highest BCUT2D eigenvalue weighted by molar-refractivity contribution is 5.70. The van der Waals surface area contributed by atoms with E-state index in [1.54, 1.807) is 0 Å². The third-order valence-corrected chi connectivity index (χ3v) is 3.69. The molecule has 154 valence electrons. The minimum atomic E-state index is -0.212. The van der Waals surface area contributed by atoms with Gasteiger partial charge in [0.05, 0.1) is 13.2 Å². The van der Waals surface area contributed by atoms with E-state index >= 15 is 0 Å². The second-order valence-electron chi connectivity index (χ2n) is 6.29. The lowest BCUT2D eigenvalue weighted by Crippen LogP contribution is -2.10. The second-order valence-corrected chi connectivity index (χ2v) is 6.29. The van der Waals surface area contributed by atoms with Crippen LogP contribution in [0.5, 0.6) is 0 Å². The van der Waals surface area contributed by atoms with Crippen molar-refractivity contribution in [2.45, 2.75) is 78.1 Å². The molecule has 6 heteroatoms. The van der Waals surface area contributed by atoms with Crippen LogP contribution >= 0.6 is 0 Å². The van der Waals surface area contributed by atoms with Crippen molar-refractivity contribution in [1.82, 2.24) is 0 Å². The Morgan fingerprint density at radius 3 is 1.31 bits per heavy atom. The molecule has 0 aromatic rings. The minimum Gasteiger partial charge on any atom is -0.466 e. The van der Waals surface area contributed by atoms with E-state index in [9.17, 15) is 9.59 Å². The highest BCUT2D eigenvalue weighted by atomic mass is 16.5. The predicted octanol–water partition coefficient (Wildman–Crippen LogP) is 4.05. The smallest absolute Gasteiger partial charge is 0.305 e. The molecule has 0 aromatic heterocycles. The molecule has 0 atom stereocenters. The van der Waals surface area contributed by atoms with Gasteiger partial charge in [0.15, 0.2) is 0 Å². The molecule has 0 amide bonds. The Balaban J connectivity index is 3.31. The van der Waals surface area contributed by atoms with Gasteiger partial charge in [0.25, 0.3) is 0 Å². The number of carbonyl (C=O) groups excluding carboxylic acids is 2. The van der Waals surface area contributed by atoms with Crippen molar-refractivity contribution in [3.8, 4) is 0 Å². The van der Waals surface area contributed by atoms with E-state index in [1.165, 1.54) is 0 Å². The van der Waals surface area contributed by atoms with Crippen molar-refractivity contribution in [2.75, 3.05) is 39.6 Å². The molecule has 0 bridgehead atoms. The molecule has 0 spiro atoms. The lowest BCUT2D eigenvalue weighted by molar-refractivity contribution is -0.146. The average molecular weight is 375 g/mol. The number of hydrogen-bond donors (Lipinski definition) is 0. The molecule has 0 unspecified atom stereocenters. The predicted molar refractivity (Wildman–Crippen MR) is 101 cm³/mol. The summed E-state index contributed by atoms with van der Waals surface area (Å²) in [4.78, 5) is 23.1. The van der Waals surface area contributed by atoms with E-state index in [0.29, 0.717) is 52.1 Å². The van der Waals surface area contributed by atoms with Crippen molar-refractivity contribution in [1.29, 1.82) is 0 Å². The Hall–Kier alpha value is -1.14. The zero-order chi connectivity index (χ0) is 19.3. The van der Waals surface area contributed by atoms with Crippen molar-refractivity contribution >= 4 is 11.9 Å². The fraction of sp³-hybridized carbons (Fsp3) is 0.900. The van der Waals surface area contributed by atoms with E-state index in [2.05, 4.69) is 13.8 Å². The molecule has 0 heterocycles. The quantitative estimate of drug-likeness (QED) is 0.251. The Kier molecular flexibility index (Phi) is 19.3. The lowest BCUT2D eigenvalue weighted by atomic mass is 10.2. The van der Waals surface area contributed by atoms with Crippen molar-refractivity contribution < 1.29 is 28.5 Å². The third kappa shape index (κ3) is 19.2. The van der Waals surface area contributed by atoms with Crippen LogP contribution in [-0.2, 0) is 28.5 Å². The molecule has 0 aliphatic carbocycles. The SMILES string of the molecule is CCCCOCCCOC(=O)CCCCC(=O)OCCCOCCCC. The first kappa shape index (κ1) is 24.9. The van der Waals surface area contributed by atoms with Gasteiger partial charge in [-0.05, 0) is 25.7 Å². The van der Waals surface area contributed by atoms with Gasteiger partial charge in [-0.3, -0.25) is 9.59 Å². The van der Waals surface area contributed by atoms with Gasteiger partial charge < -0.3 is 18.9 Å². The molecule has 0 N–H and O–H groups in total. The Labute approximate surface area is 158 Å². The van der Waals surface area contributed by atoms with Crippen LogP contribution in [0.3, 0.4) is 0 Å². The Bertz CT molecular complexity index is 300. The molecule has 0 radical (unpaired) electrons. The van der Waals surface area contributed by atoms with Crippen molar-refractivity contribution in [3.63, 3.8) is 0 Å². The number of ether oxygens (including phenoxy) is 4. The summed E-state index contributed by atoms with van der Waals surface area (Å²) >= 11 is 0. The van der Waals surface area contributed by atoms with Gasteiger partial charge in [0.1, 0.15) is 0 Å². The maximum absolute atomic E-state index is 11.5. The number of carbonyl (C=O) groups is 2. The summed E-state index contributed by atoms with van der Waals surface area (Å²) in [5, 5.41) is 0. The average Bonchev–Trinajstić information content (AvgIpc) is 2.64. The summed E-state index contributed by atoms with van der Waals surface area (Å²) in [6.45, 7) is 7.83. The van der Waals surface area contributed by atoms with Gasteiger partial charge in [0, 0.05) is 52.1 Å². The van der Waals surface area contributed by atoms with Crippen LogP contribution in [0.1, 0.15) is 78.1 Å². The maximum Gasteiger partial charge on any atom is 0.305 e. The molecular weight excluding hydrogens is 336 g/mol. The summed E-state index contributed by atoms with van der Waals surface area (Å²) in [7, 11) is 0. The van der Waals surface area contributed by atoms with Gasteiger partial charge in [0.2, 0.25) is 0 Å². The van der Waals surface area contributed by atoms with E-state index in [-0.39, 0.29) is 11.9 Å². The van der Waals surface area contributed by atoms with Gasteiger partial charge in [-0.15, -0.1) is 0 Å². The highest BCUT2D eigenvalue weighted by Crippen LogP contribution is 2.04. The topological polar surface area (TPSA) is 71.1 Å². The second kappa shape index (κ2) is 20.2. The summed E-state index contributed by atoms with van der Waals surface area (Å²) in [6, 6.07) is 0. The fourth-order valence-corrected chi connectivity index (χ4v) is 2.07.